The Labute approximate surface area is 119 Å². The number of nitrogens with zero attached hydrogens (tertiary/aromatic N) is 2. The molecule has 0 saturated carbocycles. The summed E-state index contributed by atoms with van der Waals surface area (Å²) in [4.78, 5) is 12.5. The standard InChI is InChI=1S/C13H13BrN2O3/c1-9-3-5-11(19-9)8-15(2)12-6-4-10(14)7-13(12)16(17)18/h3-7H,8H2,1-2H3. The lowest BCUT2D eigenvalue weighted by Crippen LogP contribution is -2.17. The van der Waals surface area contributed by atoms with Crippen molar-refractivity contribution < 1.29 is 9.34 Å². The largest absolute Gasteiger partial charge is 0.464 e. The molecule has 0 amide bonds. The molecule has 2 aromatic rings. The van der Waals surface area contributed by atoms with E-state index in [4.69, 9.17) is 4.42 Å². The molecule has 0 radical (unpaired) electrons. The predicted molar refractivity (Wildman–Crippen MR) is 76.3 cm³/mol. The van der Waals surface area contributed by atoms with Gasteiger partial charge in [0.15, 0.2) is 0 Å². The van der Waals surface area contributed by atoms with Crippen LogP contribution in [0.5, 0.6) is 0 Å². The minimum absolute atomic E-state index is 0.0696. The summed E-state index contributed by atoms with van der Waals surface area (Å²) >= 11 is 3.24. The van der Waals surface area contributed by atoms with Crippen LogP contribution in [0.4, 0.5) is 11.4 Å². The number of anilines is 1. The number of hydrogen-bond donors (Lipinski definition) is 0. The lowest BCUT2D eigenvalue weighted by Gasteiger charge is -2.17. The van der Waals surface area contributed by atoms with Crippen molar-refractivity contribution in [1.82, 2.24) is 0 Å². The van der Waals surface area contributed by atoms with Crippen LogP contribution in [0.25, 0.3) is 0 Å². The van der Waals surface area contributed by atoms with Gasteiger partial charge in [-0.25, -0.2) is 0 Å². The average molecular weight is 325 g/mol. The Morgan fingerprint density at radius 1 is 1.37 bits per heavy atom. The zero-order valence-corrected chi connectivity index (χ0v) is 12.2. The molecular weight excluding hydrogens is 312 g/mol. The maximum Gasteiger partial charge on any atom is 0.293 e. The summed E-state index contributed by atoms with van der Waals surface area (Å²) in [7, 11) is 1.80. The molecule has 19 heavy (non-hydrogen) atoms. The number of rotatable bonds is 4. The molecule has 0 N–H and O–H groups in total. The molecule has 0 unspecified atom stereocenters. The fraction of sp³-hybridized carbons (Fsp3) is 0.231. The van der Waals surface area contributed by atoms with Gasteiger partial charge in [0.25, 0.3) is 5.69 Å². The Morgan fingerprint density at radius 3 is 2.68 bits per heavy atom. The van der Waals surface area contributed by atoms with Gasteiger partial charge >= 0.3 is 0 Å². The molecule has 5 nitrogen and oxygen atoms in total. The first-order chi connectivity index (χ1) is 8.97. The van der Waals surface area contributed by atoms with Crippen LogP contribution in [0.3, 0.4) is 0 Å². The van der Waals surface area contributed by atoms with Gasteiger partial charge in [0.2, 0.25) is 0 Å². The third-order valence-electron chi connectivity index (χ3n) is 2.73. The highest BCUT2D eigenvalue weighted by Gasteiger charge is 2.18. The molecule has 0 aliphatic rings. The van der Waals surface area contributed by atoms with Crippen LogP contribution >= 0.6 is 15.9 Å². The molecule has 1 heterocycles. The lowest BCUT2D eigenvalue weighted by molar-refractivity contribution is -0.384. The molecule has 6 heteroatoms. The van der Waals surface area contributed by atoms with E-state index in [-0.39, 0.29) is 10.6 Å². The quantitative estimate of drug-likeness (QED) is 0.632. The van der Waals surface area contributed by atoms with Crippen molar-refractivity contribution in [3.05, 3.63) is 56.4 Å². The van der Waals surface area contributed by atoms with Crippen LogP contribution in [0, 0.1) is 17.0 Å². The Bertz CT molecular complexity index is 610. The van der Waals surface area contributed by atoms with Crippen molar-refractivity contribution in [2.24, 2.45) is 0 Å². The Kier molecular flexibility index (Phi) is 3.90. The van der Waals surface area contributed by atoms with Crippen LogP contribution in [0.1, 0.15) is 11.5 Å². The van der Waals surface area contributed by atoms with Crippen molar-refractivity contribution in [2.75, 3.05) is 11.9 Å². The van der Waals surface area contributed by atoms with E-state index < -0.39 is 0 Å². The average Bonchev–Trinajstić information content (AvgIpc) is 2.74. The first-order valence-electron chi connectivity index (χ1n) is 5.68. The zero-order chi connectivity index (χ0) is 14.0. The first-order valence-corrected chi connectivity index (χ1v) is 6.47. The Morgan fingerprint density at radius 2 is 2.11 bits per heavy atom. The van der Waals surface area contributed by atoms with Gasteiger partial charge < -0.3 is 9.32 Å². The molecule has 0 fully saturated rings. The van der Waals surface area contributed by atoms with E-state index in [1.807, 2.05) is 19.1 Å². The van der Waals surface area contributed by atoms with Crippen LogP contribution < -0.4 is 4.90 Å². The highest BCUT2D eigenvalue weighted by molar-refractivity contribution is 9.10. The Balaban J connectivity index is 2.28. The molecular formula is C13H13BrN2O3. The normalized spacial score (nSPS) is 10.5. The number of aryl methyl sites for hydroxylation is 1. The highest BCUT2D eigenvalue weighted by atomic mass is 79.9. The summed E-state index contributed by atoms with van der Waals surface area (Å²) in [5.74, 6) is 1.60. The summed E-state index contributed by atoms with van der Waals surface area (Å²) in [6.07, 6.45) is 0. The first kappa shape index (κ1) is 13.6. The van der Waals surface area contributed by atoms with Gasteiger partial charge in [0, 0.05) is 17.6 Å². The SMILES string of the molecule is Cc1ccc(CN(C)c2ccc(Br)cc2[N+](=O)[O-])o1. The maximum absolute atomic E-state index is 11.1. The molecule has 0 aliphatic heterocycles. The molecule has 2 rings (SSSR count). The van der Waals surface area contributed by atoms with Gasteiger partial charge in [-0.05, 0) is 31.2 Å². The van der Waals surface area contributed by atoms with E-state index in [9.17, 15) is 10.1 Å². The number of hydrogen-bond acceptors (Lipinski definition) is 4. The maximum atomic E-state index is 11.1. The molecule has 100 valence electrons. The third-order valence-corrected chi connectivity index (χ3v) is 3.23. The second kappa shape index (κ2) is 5.44. The van der Waals surface area contributed by atoms with E-state index in [1.54, 1.807) is 24.1 Å². The number of halogens is 1. The summed E-state index contributed by atoms with van der Waals surface area (Å²) in [5, 5.41) is 11.1. The van der Waals surface area contributed by atoms with E-state index in [1.165, 1.54) is 6.07 Å². The predicted octanol–water partition coefficient (Wildman–Crippen LogP) is 3.90. The molecule has 0 saturated heterocycles. The zero-order valence-electron chi connectivity index (χ0n) is 10.6. The minimum atomic E-state index is -0.385. The van der Waals surface area contributed by atoms with Crippen molar-refractivity contribution in [3.63, 3.8) is 0 Å². The van der Waals surface area contributed by atoms with Crippen LogP contribution in [0.15, 0.2) is 39.2 Å². The van der Waals surface area contributed by atoms with E-state index in [2.05, 4.69) is 15.9 Å². The number of furan rings is 1. The van der Waals surface area contributed by atoms with Gasteiger partial charge in [-0.15, -0.1) is 0 Å². The van der Waals surface area contributed by atoms with Crippen molar-refractivity contribution in [1.29, 1.82) is 0 Å². The molecule has 0 aliphatic carbocycles. The van der Waals surface area contributed by atoms with Crippen molar-refractivity contribution >= 4 is 27.3 Å². The summed E-state index contributed by atoms with van der Waals surface area (Å²) in [5.41, 5.74) is 0.627. The van der Waals surface area contributed by atoms with Crippen molar-refractivity contribution in [2.45, 2.75) is 13.5 Å². The number of nitro benzene ring substituents is 1. The van der Waals surface area contributed by atoms with Gasteiger partial charge in [0.1, 0.15) is 17.2 Å². The van der Waals surface area contributed by atoms with Gasteiger partial charge in [0.05, 0.1) is 11.5 Å². The monoisotopic (exact) mass is 324 g/mol. The molecule has 1 aromatic carbocycles. The second-order valence-corrected chi connectivity index (χ2v) is 5.17. The highest BCUT2D eigenvalue weighted by Crippen LogP contribution is 2.31. The van der Waals surface area contributed by atoms with Crippen LogP contribution in [-0.2, 0) is 6.54 Å². The van der Waals surface area contributed by atoms with Gasteiger partial charge in [-0.3, -0.25) is 10.1 Å². The fourth-order valence-corrected chi connectivity index (χ4v) is 2.20. The Hall–Kier alpha value is -1.82. The third kappa shape index (κ3) is 3.14. The smallest absolute Gasteiger partial charge is 0.293 e. The summed E-state index contributed by atoms with van der Waals surface area (Å²) in [6.45, 7) is 2.35. The topological polar surface area (TPSA) is 59.5 Å². The number of benzene rings is 1. The van der Waals surface area contributed by atoms with E-state index in [0.29, 0.717) is 16.7 Å². The molecule has 1 aromatic heterocycles. The second-order valence-electron chi connectivity index (χ2n) is 4.26. The molecule has 0 atom stereocenters. The summed E-state index contributed by atoms with van der Waals surface area (Å²) < 4.78 is 6.16. The van der Waals surface area contributed by atoms with Gasteiger partial charge in [-0.1, -0.05) is 15.9 Å². The van der Waals surface area contributed by atoms with Gasteiger partial charge in [-0.2, -0.15) is 0 Å². The fourth-order valence-electron chi connectivity index (χ4n) is 1.85. The van der Waals surface area contributed by atoms with Crippen LogP contribution in [0.2, 0.25) is 0 Å². The summed E-state index contributed by atoms with van der Waals surface area (Å²) in [6, 6.07) is 8.75. The minimum Gasteiger partial charge on any atom is -0.464 e. The van der Waals surface area contributed by atoms with E-state index >= 15 is 0 Å². The van der Waals surface area contributed by atoms with Crippen molar-refractivity contribution in [3.8, 4) is 0 Å². The molecule has 0 spiro atoms. The molecule has 0 bridgehead atoms. The van der Waals surface area contributed by atoms with E-state index in [0.717, 1.165) is 11.5 Å². The van der Waals surface area contributed by atoms with Crippen LogP contribution in [-0.4, -0.2) is 12.0 Å². The number of nitro groups is 1. The lowest BCUT2D eigenvalue weighted by atomic mass is 10.2.